The summed E-state index contributed by atoms with van der Waals surface area (Å²) in [5, 5.41) is 19.2. The van der Waals surface area contributed by atoms with Gasteiger partial charge in [0.15, 0.2) is 11.5 Å². The largest absolute Gasteiger partial charge is 0.504 e. The minimum atomic E-state index is -0.0744. The number of phenolic OH excluding ortho intramolecular Hbond substituents is 2. The van der Waals surface area contributed by atoms with Gasteiger partial charge in [0.1, 0.15) is 0 Å². The van der Waals surface area contributed by atoms with Crippen LogP contribution in [0.2, 0.25) is 5.54 Å². The standard InChI is InChI=1S/C11H18O2Si/c1-7(14)11(2,3)8-5-4-6-9(12)10(8)13/h4-7,12-13H,1-3,14H3. The van der Waals surface area contributed by atoms with Crippen LogP contribution in [0.5, 0.6) is 11.5 Å². The summed E-state index contributed by atoms with van der Waals surface area (Å²) in [5.41, 5.74) is 1.30. The van der Waals surface area contributed by atoms with Crippen molar-refractivity contribution in [3.8, 4) is 11.5 Å². The van der Waals surface area contributed by atoms with E-state index in [-0.39, 0.29) is 16.9 Å². The van der Waals surface area contributed by atoms with Crippen LogP contribution in [0, 0.1) is 0 Å². The van der Waals surface area contributed by atoms with Gasteiger partial charge in [-0.2, -0.15) is 0 Å². The van der Waals surface area contributed by atoms with Crippen molar-refractivity contribution in [1.82, 2.24) is 0 Å². The smallest absolute Gasteiger partial charge is 0.161 e. The number of phenols is 2. The van der Waals surface area contributed by atoms with Crippen LogP contribution in [-0.4, -0.2) is 20.5 Å². The van der Waals surface area contributed by atoms with E-state index in [1.165, 1.54) is 6.07 Å². The summed E-state index contributed by atoms with van der Waals surface area (Å²) in [4.78, 5) is 0. The van der Waals surface area contributed by atoms with Crippen LogP contribution in [0.4, 0.5) is 0 Å². The Balaban J connectivity index is 3.26. The molecule has 2 nitrogen and oxygen atoms in total. The monoisotopic (exact) mass is 210 g/mol. The molecule has 0 aliphatic carbocycles. The molecule has 1 atom stereocenters. The van der Waals surface area contributed by atoms with Gasteiger partial charge in [-0.3, -0.25) is 0 Å². The summed E-state index contributed by atoms with van der Waals surface area (Å²) in [6, 6.07) is 5.16. The van der Waals surface area contributed by atoms with Gasteiger partial charge >= 0.3 is 0 Å². The molecule has 0 saturated carbocycles. The molecule has 0 aliphatic heterocycles. The van der Waals surface area contributed by atoms with E-state index in [1.807, 2.05) is 6.07 Å². The zero-order chi connectivity index (χ0) is 10.9. The summed E-state index contributed by atoms with van der Waals surface area (Å²) in [7, 11) is 1.07. The lowest BCUT2D eigenvalue weighted by Crippen LogP contribution is -2.22. The van der Waals surface area contributed by atoms with Crippen LogP contribution < -0.4 is 0 Å². The molecule has 0 aliphatic rings. The van der Waals surface area contributed by atoms with Gasteiger partial charge < -0.3 is 10.2 Å². The van der Waals surface area contributed by atoms with Crippen molar-refractivity contribution in [2.45, 2.75) is 31.7 Å². The molecule has 0 bridgehead atoms. The highest BCUT2D eigenvalue weighted by molar-refractivity contribution is 6.12. The zero-order valence-corrected chi connectivity index (χ0v) is 11.2. The Morgan fingerprint density at radius 1 is 1.29 bits per heavy atom. The molecule has 2 N–H and O–H groups in total. The highest BCUT2D eigenvalue weighted by Crippen LogP contribution is 2.41. The Morgan fingerprint density at radius 2 is 1.86 bits per heavy atom. The fourth-order valence-corrected chi connectivity index (χ4v) is 1.67. The number of aromatic hydroxyl groups is 2. The zero-order valence-electron chi connectivity index (χ0n) is 9.20. The molecular weight excluding hydrogens is 192 g/mol. The van der Waals surface area contributed by atoms with Crippen molar-refractivity contribution in [2.24, 2.45) is 0 Å². The predicted octanol–water partition coefficient (Wildman–Crippen LogP) is 1.55. The van der Waals surface area contributed by atoms with Crippen molar-refractivity contribution in [2.75, 3.05) is 0 Å². The number of hydrogen-bond acceptors (Lipinski definition) is 2. The summed E-state index contributed by atoms with van der Waals surface area (Å²) in [6.07, 6.45) is 0. The molecule has 0 radical (unpaired) electrons. The lowest BCUT2D eigenvalue weighted by atomic mass is 9.81. The summed E-state index contributed by atoms with van der Waals surface area (Å²) in [5.74, 6) is -0.00177. The van der Waals surface area contributed by atoms with E-state index in [1.54, 1.807) is 6.07 Å². The van der Waals surface area contributed by atoms with Gasteiger partial charge in [-0.05, 0) is 17.0 Å². The SMILES string of the molecule is CC([SiH3])C(C)(C)c1cccc(O)c1O. The van der Waals surface area contributed by atoms with Crippen LogP contribution in [0.25, 0.3) is 0 Å². The second kappa shape index (κ2) is 3.65. The molecule has 1 aromatic carbocycles. The maximum atomic E-state index is 9.75. The van der Waals surface area contributed by atoms with E-state index < -0.39 is 0 Å². The predicted molar refractivity (Wildman–Crippen MR) is 62.2 cm³/mol. The maximum Gasteiger partial charge on any atom is 0.161 e. The Morgan fingerprint density at radius 3 is 2.36 bits per heavy atom. The Hall–Kier alpha value is -0.963. The van der Waals surface area contributed by atoms with Crippen LogP contribution >= 0.6 is 0 Å². The highest BCUT2D eigenvalue weighted by Gasteiger charge is 2.28. The van der Waals surface area contributed by atoms with Crippen LogP contribution in [0.3, 0.4) is 0 Å². The molecule has 0 heterocycles. The van der Waals surface area contributed by atoms with Crippen LogP contribution in [0.1, 0.15) is 26.3 Å². The number of hydrogen-bond donors (Lipinski definition) is 2. The van der Waals surface area contributed by atoms with Gasteiger partial charge in [-0.1, -0.05) is 32.9 Å². The summed E-state index contributed by atoms with van der Waals surface area (Å²) < 4.78 is 0. The number of para-hydroxylation sites is 1. The molecule has 78 valence electrons. The number of rotatable bonds is 2. The Bertz CT molecular complexity index is 332. The van der Waals surface area contributed by atoms with E-state index in [9.17, 15) is 10.2 Å². The first kappa shape index (κ1) is 11.1. The van der Waals surface area contributed by atoms with Gasteiger partial charge in [0.25, 0.3) is 0 Å². The molecular formula is C11H18O2Si. The highest BCUT2D eigenvalue weighted by atomic mass is 28.1. The average molecular weight is 210 g/mol. The first-order valence-electron chi connectivity index (χ1n) is 4.88. The van der Waals surface area contributed by atoms with Gasteiger partial charge in [0.05, 0.1) is 0 Å². The second-order valence-corrected chi connectivity index (χ2v) is 6.28. The second-order valence-electron chi connectivity index (χ2n) is 4.55. The Kier molecular flexibility index (Phi) is 2.90. The van der Waals surface area contributed by atoms with Crippen molar-refractivity contribution < 1.29 is 10.2 Å². The summed E-state index contributed by atoms with van der Waals surface area (Å²) >= 11 is 0. The molecule has 0 aromatic heterocycles. The van der Waals surface area contributed by atoms with E-state index in [2.05, 4.69) is 20.8 Å². The summed E-state index contributed by atoms with van der Waals surface area (Å²) in [6.45, 7) is 6.36. The van der Waals surface area contributed by atoms with Gasteiger partial charge in [0.2, 0.25) is 0 Å². The molecule has 14 heavy (non-hydrogen) atoms. The van der Waals surface area contributed by atoms with Crippen molar-refractivity contribution in [3.63, 3.8) is 0 Å². The van der Waals surface area contributed by atoms with E-state index in [0.717, 1.165) is 15.8 Å². The molecule has 3 heteroatoms. The van der Waals surface area contributed by atoms with Crippen LogP contribution in [-0.2, 0) is 5.41 Å². The maximum absolute atomic E-state index is 9.75. The third kappa shape index (κ3) is 1.77. The lowest BCUT2D eigenvalue weighted by molar-refractivity contribution is 0.382. The topological polar surface area (TPSA) is 40.5 Å². The minimum Gasteiger partial charge on any atom is -0.504 e. The molecule has 1 rings (SSSR count). The van der Waals surface area contributed by atoms with Gasteiger partial charge in [-0.15, -0.1) is 0 Å². The number of benzene rings is 1. The van der Waals surface area contributed by atoms with Crippen LogP contribution in [0.15, 0.2) is 18.2 Å². The third-order valence-corrected chi connectivity index (χ3v) is 4.60. The van der Waals surface area contributed by atoms with E-state index >= 15 is 0 Å². The third-order valence-electron chi connectivity index (χ3n) is 3.15. The van der Waals surface area contributed by atoms with Crippen molar-refractivity contribution in [1.29, 1.82) is 0 Å². The lowest BCUT2D eigenvalue weighted by Gasteiger charge is -2.30. The fourth-order valence-electron chi connectivity index (χ4n) is 1.36. The van der Waals surface area contributed by atoms with Crippen molar-refractivity contribution >= 4 is 10.2 Å². The first-order valence-corrected chi connectivity index (χ1v) is 6.04. The van der Waals surface area contributed by atoms with Gasteiger partial charge in [-0.25, -0.2) is 0 Å². The van der Waals surface area contributed by atoms with Crippen molar-refractivity contribution in [3.05, 3.63) is 23.8 Å². The molecule has 0 spiro atoms. The van der Waals surface area contributed by atoms with Gasteiger partial charge in [0, 0.05) is 15.8 Å². The molecule has 0 fully saturated rings. The quantitative estimate of drug-likeness (QED) is 0.574. The van der Waals surface area contributed by atoms with E-state index in [0.29, 0.717) is 5.54 Å². The molecule has 1 aromatic rings. The molecule has 0 amide bonds. The minimum absolute atomic E-state index is 0.0280. The van der Waals surface area contributed by atoms with E-state index in [4.69, 9.17) is 0 Å². The Labute approximate surface area is 88.0 Å². The normalized spacial score (nSPS) is 14.2. The fraction of sp³-hybridized carbons (Fsp3) is 0.455. The average Bonchev–Trinajstić information content (AvgIpc) is 2.09. The molecule has 0 saturated heterocycles. The first-order chi connectivity index (χ1) is 6.37. The molecule has 1 unspecified atom stereocenters.